The molecule has 7 nitrogen and oxygen atoms in total. The van der Waals surface area contributed by atoms with Crippen LogP contribution in [-0.2, 0) is 4.79 Å². The highest BCUT2D eigenvalue weighted by molar-refractivity contribution is 8.14. The van der Waals surface area contributed by atoms with Crippen LogP contribution in [0.2, 0.25) is 0 Å². The topological polar surface area (TPSA) is 96.9 Å². The Bertz CT molecular complexity index is 650. The Morgan fingerprint density at radius 1 is 1.52 bits per heavy atom. The van der Waals surface area contributed by atoms with Gasteiger partial charge in [0.15, 0.2) is 0 Å². The van der Waals surface area contributed by atoms with E-state index in [1.54, 1.807) is 13.0 Å². The van der Waals surface area contributed by atoms with Crippen molar-refractivity contribution in [3.8, 4) is 0 Å². The average molecular weight is 306 g/mol. The molecule has 0 aromatic carbocycles. The molecule has 3 rings (SSSR count). The molecule has 0 bridgehead atoms. The number of fused-ring (bicyclic) bond motifs is 1. The van der Waals surface area contributed by atoms with E-state index < -0.39 is 6.03 Å². The predicted octanol–water partition coefficient (Wildman–Crippen LogP) is 2.43. The molecule has 1 saturated carbocycles. The largest absolute Gasteiger partial charge is 0.367 e. The van der Waals surface area contributed by atoms with Gasteiger partial charge in [-0.05, 0) is 26.2 Å². The summed E-state index contributed by atoms with van der Waals surface area (Å²) >= 11 is 1.29. The molecule has 1 aliphatic heterocycles. The number of aryl methyl sites for hydroxylation is 1. The van der Waals surface area contributed by atoms with E-state index in [2.05, 4.69) is 20.5 Å². The second kappa shape index (κ2) is 5.80. The number of thioether (sulfide) groups is 1. The zero-order valence-electron chi connectivity index (χ0n) is 11.5. The number of carbonyl (C=O) groups excluding carboxylic acids is 2. The molecule has 0 radical (unpaired) electrons. The van der Waals surface area contributed by atoms with Gasteiger partial charge in [-0.25, -0.2) is 9.79 Å². The van der Waals surface area contributed by atoms with Crippen molar-refractivity contribution in [3.63, 3.8) is 0 Å². The summed E-state index contributed by atoms with van der Waals surface area (Å²) in [5, 5.41) is 7.01. The highest BCUT2D eigenvalue weighted by atomic mass is 32.2. The molecule has 1 aliphatic carbocycles. The van der Waals surface area contributed by atoms with Crippen LogP contribution in [0.15, 0.2) is 20.6 Å². The van der Waals surface area contributed by atoms with Gasteiger partial charge in [0.2, 0.25) is 11.8 Å². The van der Waals surface area contributed by atoms with Crippen LogP contribution in [0.25, 0.3) is 0 Å². The van der Waals surface area contributed by atoms with Gasteiger partial charge in [-0.2, -0.15) is 4.99 Å². The molecule has 1 atom stereocenters. The Morgan fingerprint density at radius 2 is 2.38 bits per heavy atom. The molecule has 1 N–H and O–H groups in total. The molecular weight excluding hydrogens is 292 g/mol. The second-order valence-corrected chi connectivity index (χ2v) is 5.95. The Morgan fingerprint density at radius 3 is 3.14 bits per heavy atom. The number of anilines is 1. The van der Waals surface area contributed by atoms with E-state index in [4.69, 9.17) is 4.52 Å². The quantitative estimate of drug-likeness (QED) is 0.925. The lowest BCUT2D eigenvalue weighted by atomic mass is 10.1. The van der Waals surface area contributed by atoms with Crippen LogP contribution in [0.4, 0.5) is 10.7 Å². The van der Waals surface area contributed by atoms with Crippen molar-refractivity contribution in [2.75, 3.05) is 11.1 Å². The van der Waals surface area contributed by atoms with Crippen molar-refractivity contribution in [2.45, 2.75) is 26.2 Å². The summed E-state index contributed by atoms with van der Waals surface area (Å²) in [7, 11) is 0. The molecule has 110 valence electrons. The SMILES string of the molecule is Cc1cc(NC(=O)CSC2=NC(=O)N=C3CCCC32)on1. The monoisotopic (exact) mass is 306 g/mol. The Kier molecular flexibility index (Phi) is 3.87. The first-order chi connectivity index (χ1) is 10.1. The molecule has 21 heavy (non-hydrogen) atoms. The van der Waals surface area contributed by atoms with Crippen molar-refractivity contribution in [1.82, 2.24) is 5.16 Å². The number of nitrogens with zero attached hydrogens (tertiary/aromatic N) is 3. The molecule has 0 saturated heterocycles. The number of carbonyl (C=O) groups is 2. The first-order valence-electron chi connectivity index (χ1n) is 6.68. The number of rotatable bonds is 3. The molecule has 8 heteroatoms. The van der Waals surface area contributed by atoms with Crippen LogP contribution in [0.1, 0.15) is 25.0 Å². The zero-order chi connectivity index (χ0) is 14.8. The van der Waals surface area contributed by atoms with Crippen molar-refractivity contribution in [3.05, 3.63) is 11.8 Å². The van der Waals surface area contributed by atoms with Crippen LogP contribution in [0, 0.1) is 12.8 Å². The van der Waals surface area contributed by atoms with Crippen molar-refractivity contribution in [1.29, 1.82) is 0 Å². The zero-order valence-corrected chi connectivity index (χ0v) is 12.3. The molecule has 2 heterocycles. The highest BCUT2D eigenvalue weighted by Crippen LogP contribution is 2.31. The molecular formula is C13H14N4O3S. The minimum absolute atomic E-state index is 0.119. The van der Waals surface area contributed by atoms with Gasteiger partial charge in [-0.3, -0.25) is 10.1 Å². The van der Waals surface area contributed by atoms with E-state index >= 15 is 0 Å². The summed E-state index contributed by atoms with van der Waals surface area (Å²) in [6.45, 7) is 1.78. The third-order valence-electron chi connectivity index (χ3n) is 3.31. The minimum Gasteiger partial charge on any atom is -0.338 e. The summed E-state index contributed by atoms with van der Waals surface area (Å²) in [5.41, 5.74) is 1.61. The first kappa shape index (κ1) is 14.0. The number of amides is 3. The fourth-order valence-electron chi connectivity index (χ4n) is 2.42. The van der Waals surface area contributed by atoms with Crippen LogP contribution in [0.3, 0.4) is 0 Å². The third kappa shape index (κ3) is 3.21. The molecule has 0 spiro atoms. The first-order valence-corrected chi connectivity index (χ1v) is 7.66. The standard InChI is InChI=1S/C13H14N4O3S/c1-7-5-11(20-17-7)15-10(18)6-21-12-8-3-2-4-9(8)14-13(19)16-12/h5,8H,2-4,6H2,1H3,(H,15,18). The fraction of sp³-hybridized carbons (Fsp3) is 0.462. The van der Waals surface area contributed by atoms with E-state index in [9.17, 15) is 9.59 Å². The van der Waals surface area contributed by atoms with Gasteiger partial charge in [0.1, 0.15) is 0 Å². The summed E-state index contributed by atoms with van der Waals surface area (Å²) in [6, 6.07) is 1.18. The summed E-state index contributed by atoms with van der Waals surface area (Å²) in [6.07, 6.45) is 2.81. The van der Waals surface area contributed by atoms with E-state index in [-0.39, 0.29) is 17.6 Å². The maximum Gasteiger partial charge on any atom is 0.367 e. The van der Waals surface area contributed by atoms with Gasteiger partial charge in [0.05, 0.1) is 16.5 Å². The fourth-order valence-corrected chi connectivity index (χ4v) is 3.37. The molecule has 1 aromatic heterocycles. The number of nitrogens with one attached hydrogen (secondary N) is 1. The molecule has 1 aromatic rings. The Labute approximate surface area is 125 Å². The lowest BCUT2D eigenvalue weighted by molar-refractivity contribution is -0.113. The maximum atomic E-state index is 11.8. The Balaban J connectivity index is 1.57. The van der Waals surface area contributed by atoms with Crippen LogP contribution in [-0.4, -0.2) is 33.6 Å². The number of hydrogen-bond donors (Lipinski definition) is 1. The van der Waals surface area contributed by atoms with E-state index in [1.807, 2.05) is 0 Å². The third-order valence-corrected chi connectivity index (χ3v) is 4.39. The van der Waals surface area contributed by atoms with Gasteiger partial charge < -0.3 is 4.52 Å². The summed E-state index contributed by atoms with van der Waals surface area (Å²) in [5.74, 6) is 0.402. The lowest BCUT2D eigenvalue weighted by Crippen LogP contribution is -2.24. The number of hydrogen-bond acceptors (Lipinski definition) is 5. The van der Waals surface area contributed by atoms with Gasteiger partial charge in [-0.1, -0.05) is 16.9 Å². The second-order valence-electron chi connectivity index (χ2n) is 4.95. The van der Waals surface area contributed by atoms with Gasteiger partial charge in [-0.15, -0.1) is 0 Å². The summed E-state index contributed by atoms with van der Waals surface area (Å²) < 4.78 is 4.92. The smallest absolute Gasteiger partial charge is 0.338 e. The minimum atomic E-state index is -0.461. The van der Waals surface area contributed by atoms with Crippen LogP contribution >= 0.6 is 11.8 Å². The summed E-state index contributed by atoms with van der Waals surface area (Å²) in [4.78, 5) is 31.2. The normalized spacial score (nSPS) is 20.8. The Hall–Kier alpha value is -1.96. The number of aromatic nitrogens is 1. The number of aliphatic imine (C=N–C) groups is 2. The molecule has 1 fully saturated rings. The van der Waals surface area contributed by atoms with E-state index in [0.717, 1.165) is 25.0 Å². The molecule has 2 aliphatic rings. The number of urea groups is 1. The lowest BCUT2D eigenvalue weighted by Gasteiger charge is -2.16. The molecule has 1 unspecified atom stereocenters. The van der Waals surface area contributed by atoms with E-state index in [0.29, 0.717) is 16.6 Å². The van der Waals surface area contributed by atoms with Crippen LogP contribution < -0.4 is 5.32 Å². The average Bonchev–Trinajstić information content (AvgIpc) is 3.04. The highest BCUT2D eigenvalue weighted by Gasteiger charge is 2.32. The van der Waals surface area contributed by atoms with Crippen LogP contribution in [0.5, 0.6) is 0 Å². The molecule has 3 amide bonds. The maximum absolute atomic E-state index is 11.8. The van der Waals surface area contributed by atoms with Crippen molar-refractivity contribution >= 4 is 40.3 Å². The van der Waals surface area contributed by atoms with Gasteiger partial charge in [0.25, 0.3) is 0 Å². The predicted molar refractivity (Wildman–Crippen MR) is 79.9 cm³/mol. The van der Waals surface area contributed by atoms with Crippen molar-refractivity contribution in [2.24, 2.45) is 15.9 Å². The van der Waals surface area contributed by atoms with Crippen molar-refractivity contribution < 1.29 is 14.1 Å². The van der Waals surface area contributed by atoms with Gasteiger partial charge in [0, 0.05) is 17.7 Å². The van der Waals surface area contributed by atoms with E-state index in [1.165, 1.54) is 11.8 Å². The van der Waals surface area contributed by atoms with Gasteiger partial charge >= 0.3 is 6.03 Å².